The zero-order valence-electron chi connectivity index (χ0n) is 40.7. The Bertz CT molecular complexity index is 2350. The van der Waals surface area contributed by atoms with Gasteiger partial charge in [0.1, 0.15) is 12.5 Å². The molecule has 6 rings (SSSR count). The van der Waals surface area contributed by atoms with Gasteiger partial charge < -0.3 is 19.9 Å². The van der Waals surface area contributed by atoms with Crippen molar-refractivity contribution in [1.29, 1.82) is 0 Å². The number of nitrogens with one attached hydrogen (secondary N) is 1. The normalized spacial score (nSPS) is 23.2. The van der Waals surface area contributed by atoms with Gasteiger partial charge in [-0.15, -0.1) is 0 Å². The van der Waals surface area contributed by atoms with Crippen LogP contribution in [-0.2, 0) is 23.9 Å². The molecule has 5 unspecified atom stereocenters. The van der Waals surface area contributed by atoms with Crippen LogP contribution in [0.4, 0.5) is 0 Å². The van der Waals surface area contributed by atoms with Crippen molar-refractivity contribution >= 4 is 34.9 Å². The second kappa shape index (κ2) is 21.7. The van der Waals surface area contributed by atoms with Gasteiger partial charge >= 0.3 is 11.9 Å². The van der Waals surface area contributed by atoms with Gasteiger partial charge in [0.25, 0.3) is 0 Å². The fourth-order valence-electron chi connectivity index (χ4n) is 10.1. The van der Waals surface area contributed by atoms with Crippen LogP contribution in [0.3, 0.4) is 0 Å². The molecule has 0 radical (unpaired) electrons. The van der Waals surface area contributed by atoms with Crippen molar-refractivity contribution in [1.82, 2.24) is 5.32 Å². The first-order chi connectivity index (χ1) is 31.1. The summed E-state index contributed by atoms with van der Waals surface area (Å²) < 4.78 is 11.0. The van der Waals surface area contributed by atoms with Crippen LogP contribution in [0.5, 0.6) is 0 Å². The first-order valence-electron chi connectivity index (χ1n) is 24.1. The Morgan fingerprint density at radius 1 is 0.908 bits per heavy atom. The van der Waals surface area contributed by atoms with E-state index in [-0.39, 0.29) is 36.6 Å². The molecule has 1 aliphatic carbocycles. The Morgan fingerprint density at radius 2 is 1.60 bits per heavy atom. The van der Waals surface area contributed by atoms with Gasteiger partial charge in [0.2, 0.25) is 0 Å². The predicted octanol–water partition coefficient (Wildman–Crippen LogP) is 12.1. The number of aliphatic hydroxyl groups excluding tert-OH is 1. The van der Waals surface area contributed by atoms with Gasteiger partial charge in [0.15, 0.2) is 5.78 Å². The molecule has 2 N–H and O–H groups in total. The van der Waals surface area contributed by atoms with Crippen LogP contribution in [0.2, 0.25) is 0 Å². The molecule has 8 bridgehead atoms. The number of carbonyl (C=O) groups is 3. The number of ether oxygens (including phenoxy) is 2. The molecule has 348 valence electrons. The van der Waals surface area contributed by atoms with Crippen molar-refractivity contribution in [2.45, 2.75) is 139 Å². The summed E-state index contributed by atoms with van der Waals surface area (Å²) in [5, 5.41) is 14.1. The minimum Gasteiger partial charge on any atom is -0.515 e. The Morgan fingerprint density at radius 3 is 2.25 bits per heavy atom. The number of Topliss-reactive ketones (excluding diaryl/α,β-unsaturated/α-hetero) is 1. The summed E-state index contributed by atoms with van der Waals surface area (Å²) in [4.78, 5) is 56.5. The minimum absolute atomic E-state index is 0.139. The van der Waals surface area contributed by atoms with E-state index in [1.165, 1.54) is 57.6 Å². The number of ketones is 1. The number of hydrogen-bond donors (Lipinski definition) is 2. The molecule has 5 atom stereocenters. The topological polar surface area (TPSA) is 139 Å². The first kappa shape index (κ1) is 49.1. The number of carbonyl (C=O) groups excluding carboxylic acids is 3. The highest BCUT2D eigenvalue weighted by atomic mass is 16.5. The molecule has 2 fully saturated rings. The fourth-order valence-corrected chi connectivity index (χ4v) is 10.1. The Balaban J connectivity index is 1.21. The molecular weight excluding hydrogens is 813 g/mol. The Kier molecular flexibility index (Phi) is 16.4. The summed E-state index contributed by atoms with van der Waals surface area (Å²) in [7, 11) is 1.29. The lowest BCUT2D eigenvalue weighted by atomic mass is 9.85. The summed E-state index contributed by atoms with van der Waals surface area (Å²) in [5.41, 5.74) is 10.9. The molecule has 10 heteroatoms. The third-order valence-electron chi connectivity index (χ3n) is 14.2. The van der Waals surface area contributed by atoms with E-state index in [0.717, 1.165) is 53.4 Å². The summed E-state index contributed by atoms with van der Waals surface area (Å²) >= 11 is 0. The number of aliphatic imine (C=N–C) groups is 3. The third-order valence-corrected chi connectivity index (χ3v) is 14.2. The van der Waals surface area contributed by atoms with Gasteiger partial charge in [0.05, 0.1) is 47.6 Å². The van der Waals surface area contributed by atoms with Crippen LogP contribution in [0.25, 0.3) is 0 Å². The van der Waals surface area contributed by atoms with Gasteiger partial charge in [-0.3, -0.25) is 14.4 Å². The SMILES string of the molecule is C=CC1=C(C)C2=NC1=CC1=NC(=C(CC)C1=CO)C=C1N=C3C(=C1C)C(=O)C(C(=O)OC)C3=C1NC(=C2)C(C)C1CCC(=O)OC/C=C(/C)CCCC(C)CCCC(C)CCCC(C)C. The number of methoxy groups -OCH3 is 1. The van der Waals surface area contributed by atoms with Crippen LogP contribution >= 0.6 is 0 Å². The van der Waals surface area contributed by atoms with Crippen molar-refractivity contribution in [3.63, 3.8) is 0 Å². The summed E-state index contributed by atoms with van der Waals surface area (Å²) in [5.74, 6) is -0.732. The van der Waals surface area contributed by atoms with E-state index in [1.807, 2.05) is 45.1 Å². The van der Waals surface area contributed by atoms with Gasteiger partial charge in [-0.25, -0.2) is 15.0 Å². The number of esters is 2. The lowest BCUT2D eigenvalue weighted by Gasteiger charge is -2.19. The Labute approximate surface area is 387 Å². The van der Waals surface area contributed by atoms with E-state index in [1.54, 1.807) is 6.08 Å². The molecule has 1 saturated heterocycles. The minimum atomic E-state index is -1.23. The zero-order valence-corrected chi connectivity index (χ0v) is 40.7. The van der Waals surface area contributed by atoms with E-state index < -0.39 is 11.9 Å². The second-order valence-electron chi connectivity index (χ2n) is 19.4. The van der Waals surface area contributed by atoms with Crippen molar-refractivity contribution in [3.8, 4) is 0 Å². The molecule has 5 heterocycles. The number of aliphatic hydroxyl groups is 1. The van der Waals surface area contributed by atoms with Gasteiger partial charge in [-0.1, -0.05) is 105 Å². The highest BCUT2D eigenvalue weighted by Gasteiger charge is 2.52. The largest absolute Gasteiger partial charge is 0.515 e. The van der Waals surface area contributed by atoms with Crippen LogP contribution in [-0.4, -0.2) is 53.7 Å². The summed E-state index contributed by atoms with van der Waals surface area (Å²) in [6.07, 6.45) is 22.9. The highest BCUT2D eigenvalue weighted by Crippen LogP contribution is 2.47. The number of rotatable bonds is 20. The fraction of sp³-hybridized carbons (Fsp3) is 0.527. The molecule has 0 aromatic rings. The van der Waals surface area contributed by atoms with Gasteiger partial charge in [-0.05, 0) is 105 Å². The maximum atomic E-state index is 14.4. The molecular formula is C55H72N4O6. The maximum absolute atomic E-state index is 14.4. The number of fused-ring (bicyclic) bond motifs is 5. The molecule has 5 aliphatic heterocycles. The highest BCUT2D eigenvalue weighted by molar-refractivity contribution is 6.42. The number of nitrogens with zero attached hydrogens (tertiary/aromatic N) is 3. The lowest BCUT2D eigenvalue weighted by molar-refractivity contribution is -0.146. The Hall–Kier alpha value is -5.38. The first-order valence-corrected chi connectivity index (χ1v) is 24.1. The number of hydrogen-bond acceptors (Lipinski definition) is 10. The summed E-state index contributed by atoms with van der Waals surface area (Å²) in [6.45, 7) is 23.7. The molecule has 6 aliphatic rings. The average Bonchev–Trinajstić information content (AvgIpc) is 4.02. The quantitative estimate of drug-likeness (QED) is 0.0537. The van der Waals surface area contributed by atoms with Crippen LogP contribution < -0.4 is 5.32 Å². The molecule has 0 aromatic heterocycles. The standard InChI is InChI=1S/C55H72N4O6/c1-12-38-35(8)42-27-43-36(9)40(23-24-48(61)65-26-25-34(7)22-16-21-33(6)20-15-19-32(5)18-14-17-31(3)4)52(58-43)50-51(55(63)64-11)54(62)49-37(10)44(59-53(49)50)28-46-39(13-2)41(30-60)47(57-46)29-45(38)56-42/h12,25,27-33,36,40,51,58,60H,1,13-24,26H2,2-11H3/b34-25-,41-30?,43-27?,44-28?,45-29?,52-50?. The predicted molar refractivity (Wildman–Crippen MR) is 262 cm³/mol. The van der Waals surface area contributed by atoms with Crippen molar-refractivity contribution < 1.29 is 29.0 Å². The van der Waals surface area contributed by atoms with Crippen LogP contribution in [0.15, 0.2) is 131 Å². The maximum Gasteiger partial charge on any atom is 0.321 e. The van der Waals surface area contributed by atoms with E-state index in [0.29, 0.717) is 81.0 Å². The second-order valence-corrected chi connectivity index (χ2v) is 19.4. The average molecular weight is 885 g/mol. The molecule has 65 heavy (non-hydrogen) atoms. The van der Waals surface area contributed by atoms with Crippen molar-refractivity contribution in [3.05, 3.63) is 116 Å². The van der Waals surface area contributed by atoms with Crippen molar-refractivity contribution in [2.75, 3.05) is 13.7 Å². The number of allylic oxidation sites excluding steroid dienone is 12. The molecule has 1 saturated carbocycles. The molecule has 0 amide bonds. The van der Waals surface area contributed by atoms with Crippen LogP contribution in [0.1, 0.15) is 139 Å². The van der Waals surface area contributed by atoms with E-state index >= 15 is 0 Å². The zero-order chi connectivity index (χ0) is 47.1. The molecule has 0 spiro atoms. The van der Waals surface area contributed by atoms with E-state index in [2.05, 4.69) is 53.4 Å². The smallest absolute Gasteiger partial charge is 0.321 e. The summed E-state index contributed by atoms with van der Waals surface area (Å²) in [6, 6.07) is 0. The molecule has 0 aromatic carbocycles. The van der Waals surface area contributed by atoms with Crippen molar-refractivity contribution in [2.24, 2.45) is 50.5 Å². The van der Waals surface area contributed by atoms with Crippen LogP contribution in [0, 0.1) is 35.5 Å². The van der Waals surface area contributed by atoms with Gasteiger partial charge in [0, 0.05) is 51.9 Å². The molecule has 10 nitrogen and oxygen atoms in total. The lowest BCUT2D eigenvalue weighted by Crippen LogP contribution is -2.26. The monoisotopic (exact) mass is 885 g/mol. The third kappa shape index (κ3) is 10.8. The van der Waals surface area contributed by atoms with Gasteiger partial charge in [-0.2, -0.15) is 0 Å². The van der Waals surface area contributed by atoms with E-state index in [9.17, 15) is 19.5 Å². The van der Waals surface area contributed by atoms with E-state index in [4.69, 9.17) is 24.5 Å².